The smallest absolute Gasteiger partial charge is 0.318 e. The van der Waals surface area contributed by atoms with Gasteiger partial charge >= 0.3 is 6.03 Å². The fourth-order valence-electron chi connectivity index (χ4n) is 3.11. The highest BCUT2D eigenvalue weighted by atomic mass is 32.1. The highest BCUT2D eigenvalue weighted by Gasteiger charge is 2.32. The number of nitrogens with one attached hydrogen (secondary N) is 1. The van der Waals surface area contributed by atoms with Crippen LogP contribution in [-0.4, -0.2) is 31.1 Å². The Morgan fingerprint density at radius 3 is 3.12 bits per heavy atom. The van der Waals surface area contributed by atoms with Crippen LogP contribution in [0.2, 0.25) is 0 Å². The zero-order chi connectivity index (χ0) is 16.9. The second-order valence-electron chi connectivity index (χ2n) is 6.19. The molecule has 1 saturated heterocycles. The number of methoxy groups -OCH3 is 1. The first-order valence-corrected chi connectivity index (χ1v) is 9.22. The van der Waals surface area contributed by atoms with Gasteiger partial charge in [-0.15, -0.1) is 11.3 Å². The van der Waals surface area contributed by atoms with E-state index in [9.17, 15) is 4.79 Å². The largest absolute Gasteiger partial charge is 0.461 e. The van der Waals surface area contributed by atoms with Gasteiger partial charge in [0, 0.05) is 31.0 Å². The molecule has 0 saturated carbocycles. The number of likely N-dealkylation sites (tertiary alicyclic amines) is 1. The third kappa shape index (κ3) is 3.82. The van der Waals surface area contributed by atoms with E-state index in [1.54, 1.807) is 18.4 Å². The Labute approximate surface area is 146 Å². The first kappa shape index (κ1) is 17.0. The Hall–Kier alpha value is -1.79. The van der Waals surface area contributed by atoms with E-state index in [2.05, 4.69) is 23.7 Å². The number of rotatable bonds is 6. The van der Waals surface area contributed by atoms with Crippen molar-refractivity contribution in [3.8, 4) is 0 Å². The number of ether oxygens (including phenoxy) is 1. The molecule has 5 nitrogen and oxygen atoms in total. The predicted molar refractivity (Wildman–Crippen MR) is 94.2 cm³/mol. The van der Waals surface area contributed by atoms with E-state index in [-0.39, 0.29) is 12.1 Å². The van der Waals surface area contributed by atoms with Gasteiger partial charge in [0.2, 0.25) is 0 Å². The third-order valence-electron chi connectivity index (χ3n) is 4.40. The zero-order valence-corrected chi connectivity index (χ0v) is 15.0. The number of nitrogens with zero attached hydrogens (tertiary/aromatic N) is 1. The van der Waals surface area contributed by atoms with Gasteiger partial charge in [0.05, 0.1) is 6.04 Å². The van der Waals surface area contributed by atoms with Crippen molar-refractivity contribution >= 4 is 17.4 Å². The standard InChI is InChI=1S/C18H24N2O3S/c1-13(17-6-4-10-24-17)11-19-18(21)20-9-3-5-15(20)16-8-7-14(23-16)12-22-2/h4,6-8,10,13,15H,3,5,9,11-12H2,1-2H3,(H,19,21)/t13-,15+/m0/s1. The van der Waals surface area contributed by atoms with Crippen molar-refractivity contribution in [3.05, 3.63) is 46.0 Å². The molecule has 3 rings (SSSR count). The Kier molecular flexibility index (Phi) is 5.58. The van der Waals surface area contributed by atoms with Crippen LogP contribution in [0.5, 0.6) is 0 Å². The van der Waals surface area contributed by atoms with E-state index in [1.807, 2.05) is 23.1 Å². The van der Waals surface area contributed by atoms with E-state index in [4.69, 9.17) is 9.15 Å². The van der Waals surface area contributed by atoms with Crippen LogP contribution in [0, 0.1) is 0 Å². The molecule has 1 aliphatic rings. The van der Waals surface area contributed by atoms with Gasteiger partial charge in [-0.05, 0) is 36.4 Å². The van der Waals surface area contributed by atoms with Gasteiger partial charge in [-0.2, -0.15) is 0 Å². The molecule has 1 N–H and O–H groups in total. The number of carbonyl (C=O) groups excluding carboxylic acids is 1. The van der Waals surface area contributed by atoms with Crippen LogP contribution in [0.4, 0.5) is 4.79 Å². The van der Waals surface area contributed by atoms with Crippen LogP contribution in [-0.2, 0) is 11.3 Å². The second-order valence-corrected chi connectivity index (χ2v) is 7.17. The highest BCUT2D eigenvalue weighted by molar-refractivity contribution is 7.10. The molecule has 0 radical (unpaired) electrons. The molecular weight excluding hydrogens is 324 g/mol. The summed E-state index contributed by atoms with van der Waals surface area (Å²) in [6.45, 7) is 4.01. The lowest BCUT2D eigenvalue weighted by molar-refractivity contribution is 0.156. The maximum absolute atomic E-state index is 12.6. The fourth-order valence-corrected chi connectivity index (χ4v) is 3.90. The van der Waals surface area contributed by atoms with E-state index in [0.717, 1.165) is 30.9 Å². The van der Waals surface area contributed by atoms with Gasteiger partial charge < -0.3 is 19.4 Å². The van der Waals surface area contributed by atoms with Crippen LogP contribution >= 0.6 is 11.3 Å². The molecule has 2 aromatic rings. The Morgan fingerprint density at radius 2 is 2.38 bits per heavy atom. The Bertz CT molecular complexity index is 653. The monoisotopic (exact) mass is 348 g/mol. The average molecular weight is 348 g/mol. The molecule has 0 unspecified atom stereocenters. The quantitative estimate of drug-likeness (QED) is 0.854. The van der Waals surface area contributed by atoms with Gasteiger partial charge in [-0.1, -0.05) is 13.0 Å². The van der Waals surface area contributed by atoms with Crippen LogP contribution < -0.4 is 5.32 Å². The van der Waals surface area contributed by atoms with Crippen LogP contribution in [0.3, 0.4) is 0 Å². The first-order chi connectivity index (χ1) is 11.7. The molecule has 24 heavy (non-hydrogen) atoms. The molecule has 2 amide bonds. The summed E-state index contributed by atoms with van der Waals surface area (Å²) in [7, 11) is 1.65. The summed E-state index contributed by atoms with van der Waals surface area (Å²) >= 11 is 1.73. The zero-order valence-electron chi connectivity index (χ0n) is 14.2. The van der Waals surface area contributed by atoms with Gasteiger partial charge in [0.1, 0.15) is 18.1 Å². The first-order valence-electron chi connectivity index (χ1n) is 8.34. The van der Waals surface area contributed by atoms with Crippen molar-refractivity contribution in [1.29, 1.82) is 0 Å². The molecule has 2 aromatic heterocycles. The lowest BCUT2D eigenvalue weighted by Crippen LogP contribution is -2.40. The fraction of sp³-hybridized carbons (Fsp3) is 0.500. The van der Waals surface area contributed by atoms with Crippen molar-refractivity contribution < 1.29 is 13.9 Å². The summed E-state index contributed by atoms with van der Waals surface area (Å²) in [5, 5.41) is 5.14. The van der Waals surface area contributed by atoms with Crippen molar-refractivity contribution in [3.63, 3.8) is 0 Å². The maximum Gasteiger partial charge on any atom is 0.318 e. The molecule has 0 bridgehead atoms. The molecule has 6 heteroatoms. The minimum absolute atomic E-state index is 0.00871. The van der Waals surface area contributed by atoms with E-state index in [1.165, 1.54) is 4.88 Å². The number of amides is 2. The van der Waals surface area contributed by atoms with Crippen LogP contribution in [0.25, 0.3) is 0 Å². The SMILES string of the molecule is COCc1ccc([C@H]2CCCN2C(=O)NC[C@H](C)c2cccs2)o1. The Morgan fingerprint density at radius 1 is 1.50 bits per heavy atom. The third-order valence-corrected chi connectivity index (χ3v) is 5.50. The van der Waals surface area contributed by atoms with Gasteiger partial charge in [-0.3, -0.25) is 0 Å². The highest BCUT2D eigenvalue weighted by Crippen LogP contribution is 2.33. The number of carbonyl (C=O) groups is 1. The summed E-state index contributed by atoms with van der Waals surface area (Å²) in [5.41, 5.74) is 0. The normalized spacial score (nSPS) is 18.8. The van der Waals surface area contributed by atoms with Crippen LogP contribution in [0.1, 0.15) is 48.1 Å². The number of hydrogen-bond acceptors (Lipinski definition) is 4. The molecule has 0 spiro atoms. The minimum atomic E-state index is -0.00871. The van der Waals surface area contributed by atoms with E-state index < -0.39 is 0 Å². The molecule has 0 aliphatic carbocycles. The lowest BCUT2D eigenvalue weighted by Gasteiger charge is -2.24. The summed E-state index contributed by atoms with van der Waals surface area (Å²) in [6, 6.07) is 8.05. The van der Waals surface area contributed by atoms with E-state index >= 15 is 0 Å². The lowest BCUT2D eigenvalue weighted by atomic mass is 10.1. The van der Waals surface area contributed by atoms with E-state index in [0.29, 0.717) is 19.1 Å². The summed E-state index contributed by atoms with van der Waals surface area (Å²) in [6.07, 6.45) is 1.94. The van der Waals surface area contributed by atoms with Gasteiger partial charge in [0.25, 0.3) is 0 Å². The minimum Gasteiger partial charge on any atom is -0.461 e. The van der Waals surface area contributed by atoms with Gasteiger partial charge in [-0.25, -0.2) is 4.79 Å². The summed E-state index contributed by atoms with van der Waals surface area (Å²) in [4.78, 5) is 15.8. The average Bonchev–Trinajstić information content (AvgIpc) is 3.32. The molecule has 2 atom stereocenters. The van der Waals surface area contributed by atoms with Crippen molar-refractivity contribution in [1.82, 2.24) is 10.2 Å². The van der Waals surface area contributed by atoms with Crippen molar-refractivity contribution in [2.75, 3.05) is 20.2 Å². The molecule has 0 aromatic carbocycles. The number of hydrogen-bond donors (Lipinski definition) is 1. The Balaban J connectivity index is 1.58. The van der Waals surface area contributed by atoms with Crippen LogP contribution in [0.15, 0.2) is 34.1 Å². The maximum atomic E-state index is 12.6. The second kappa shape index (κ2) is 7.85. The van der Waals surface area contributed by atoms with Gasteiger partial charge in [0.15, 0.2) is 0 Å². The summed E-state index contributed by atoms with van der Waals surface area (Å²) in [5.74, 6) is 1.97. The number of furan rings is 1. The molecule has 1 fully saturated rings. The predicted octanol–water partition coefficient (Wildman–Crippen LogP) is 4.14. The molecule has 3 heterocycles. The van der Waals surface area contributed by atoms with Crippen molar-refractivity contribution in [2.24, 2.45) is 0 Å². The van der Waals surface area contributed by atoms with Crippen molar-refractivity contribution in [2.45, 2.75) is 38.3 Å². The number of thiophene rings is 1. The molecule has 130 valence electrons. The topological polar surface area (TPSA) is 54.7 Å². The molecular formula is C18H24N2O3S. The molecule has 1 aliphatic heterocycles. The summed E-state index contributed by atoms with van der Waals surface area (Å²) < 4.78 is 10.9. The number of urea groups is 1.